The van der Waals surface area contributed by atoms with E-state index in [0.29, 0.717) is 6.54 Å². The average Bonchev–Trinajstić information content (AvgIpc) is 3.05. The summed E-state index contributed by atoms with van der Waals surface area (Å²) in [5.41, 5.74) is 4.83. The van der Waals surface area contributed by atoms with Gasteiger partial charge in [0.2, 0.25) is 10.0 Å². The molecule has 2 N–H and O–H groups in total. The first-order valence-corrected chi connectivity index (χ1v) is 16.1. The van der Waals surface area contributed by atoms with Crippen LogP contribution in [0.25, 0.3) is 0 Å². The summed E-state index contributed by atoms with van der Waals surface area (Å²) in [6, 6.07) is 34.6. The SMILES string of the molecule is C[C@H]1[C@@H](CN(C)[C@@H](C)c2ccccc2)O[C@@H](c2ccc(CNS(=O)(=O)c3ccccc3)cc2)O[C@H]1c1ccc(CO)cc1. The standard InChI is InChI=1S/C35H40N2O5S/c1-25-33(23-37(3)26(2)29-10-6-4-7-11-29)41-35(42-34(25)30-18-16-28(24-38)17-19-30)31-20-14-27(15-21-31)22-36-43(39,40)32-12-8-5-9-13-32/h4-21,25-26,33-36,38H,22-24H2,1-3H3/t25-,26-,33+,34+,35+/m0/s1. The highest BCUT2D eigenvalue weighted by atomic mass is 32.2. The first-order chi connectivity index (χ1) is 20.7. The van der Waals surface area contributed by atoms with Gasteiger partial charge in [-0.05, 0) is 48.4 Å². The van der Waals surface area contributed by atoms with E-state index in [1.54, 1.807) is 30.3 Å². The Kier molecular flexibility index (Phi) is 10.1. The van der Waals surface area contributed by atoms with Gasteiger partial charge < -0.3 is 14.6 Å². The van der Waals surface area contributed by atoms with Crippen molar-refractivity contribution in [1.82, 2.24) is 9.62 Å². The molecular formula is C35H40N2O5S. The lowest BCUT2D eigenvalue weighted by atomic mass is 9.89. The smallest absolute Gasteiger partial charge is 0.240 e. The summed E-state index contributed by atoms with van der Waals surface area (Å²) in [5.74, 6) is 0.0633. The minimum Gasteiger partial charge on any atom is -0.392 e. The second-order valence-corrected chi connectivity index (χ2v) is 13.0. The van der Waals surface area contributed by atoms with E-state index in [4.69, 9.17) is 9.47 Å². The van der Waals surface area contributed by atoms with Gasteiger partial charge in [0, 0.05) is 30.6 Å². The van der Waals surface area contributed by atoms with E-state index in [1.807, 2.05) is 54.6 Å². The molecule has 0 aromatic heterocycles. The number of likely N-dealkylation sites (N-methyl/N-ethyl adjacent to an activating group) is 1. The van der Waals surface area contributed by atoms with E-state index in [9.17, 15) is 13.5 Å². The maximum atomic E-state index is 12.7. The van der Waals surface area contributed by atoms with Crippen LogP contribution in [0.15, 0.2) is 114 Å². The van der Waals surface area contributed by atoms with Crippen LogP contribution in [0.1, 0.15) is 60.1 Å². The van der Waals surface area contributed by atoms with Gasteiger partial charge in [-0.25, -0.2) is 13.1 Å². The molecule has 0 saturated carbocycles. The van der Waals surface area contributed by atoms with Crippen molar-refractivity contribution >= 4 is 10.0 Å². The summed E-state index contributed by atoms with van der Waals surface area (Å²) in [4.78, 5) is 2.55. The van der Waals surface area contributed by atoms with Crippen molar-refractivity contribution in [2.75, 3.05) is 13.6 Å². The van der Waals surface area contributed by atoms with Crippen LogP contribution >= 0.6 is 0 Å². The normalized spacial score (nSPS) is 21.5. The first kappa shape index (κ1) is 31.1. The average molecular weight is 601 g/mol. The van der Waals surface area contributed by atoms with E-state index in [1.165, 1.54) is 5.56 Å². The molecule has 7 nitrogen and oxygen atoms in total. The second-order valence-electron chi connectivity index (χ2n) is 11.2. The molecule has 8 heteroatoms. The molecule has 43 heavy (non-hydrogen) atoms. The molecule has 0 unspecified atom stereocenters. The van der Waals surface area contributed by atoms with Crippen molar-refractivity contribution < 1.29 is 23.0 Å². The Morgan fingerprint density at radius 2 is 1.40 bits per heavy atom. The van der Waals surface area contributed by atoms with Crippen molar-refractivity contribution in [2.24, 2.45) is 5.92 Å². The number of sulfonamides is 1. The Hall–Kier alpha value is -3.37. The Morgan fingerprint density at radius 1 is 0.814 bits per heavy atom. The third-order valence-electron chi connectivity index (χ3n) is 8.31. The summed E-state index contributed by atoms with van der Waals surface area (Å²) in [7, 11) is -1.48. The largest absolute Gasteiger partial charge is 0.392 e. The van der Waals surface area contributed by atoms with Crippen LogP contribution in [0.3, 0.4) is 0 Å². The number of rotatable bonds is 11. The third-order valence-corrected chi connectivity index (χ3v) is 9.72. The summed E-state index contributed by atoms with van der Waals surface area (Å²) in [5, 5.41) is 9.54. The molecule has 0 bridgehead atoms. The Labute approximate surface area is 255 Å². The van der Waals surface area contributed by atoms with Crippen LogP contribution in [0, 0.1) is 5.92 Å². The zero-order valence-electron chi connectivity index (χ0n) is 24.8. The van der Waals surface area contributed by atoms with E-state index in [-0.39, 0.29) is 42.2 Å². The van der Waals surface area contributed by atoms with Gasteiger partial charge in [-0.3, -0.25) is 4.90 Å². The maximum absolute atomic E-state index is 12.7. The van der Waals surface area contributed by atoms with Crippen LogP contribution in [-0.2, 0) is 32.6 Å². The number of nitrogens with one attached hydrogen (secondary N) is 1. The maximum Gasteiger partial charge on any atom is 0.240 e. The highest BCUT2D eigenvalue weighted by Gasteiger charge is 2.39. The van der Waals surface area contributed by atoms with Crippen molar-refractivity contribution in [3.05, 3.63) is 137 Å². The molecule has 1 fully saturated rings. The van der Waals surface area contributed by atoms with Crippen molar-refractivity contribution in [3.63, 3.8) is 0 Å². The monoisotopic (exact) mass is 600 g/mol. The third kappa shape index (κ3) is 7.59. The molecule has 0 aliphatic carbocycles. The predicted octanol–water partition coefficient (Wildman–Crippen LogP) is 6.14. The van der Waals surface area contributed by atoms with E-state index >= 15 is 0 Å². The van der Waals surface area contributed by atoms with Crippen LogP contribution in [0.4, 0.5) is 0 Å². The van der Waals surface area contributed by atoms with Crippen LogP contribution in [0.5, 0.6) is 0 Å². The summed E-state index contributed by atoms with van der Waals surface area (Å²) in [6.45, 7) is 5.24. The highest BCUT2D eigenvalue weighted by Crippen LogP contribution is 2.42. The summed E-state index contributed by atoms with van der Waals surface area (Å²) >= 11 is 0. The molecule has 0 amide bonds. The molecule has 226 valence electrons. The molecule has 5 rings (SSSR count). The Morgan fingerprint density at radius 3 is 2.02 bits per heavy atom. The lowest BCUT2D eigenvalue weighted by Gasteiger charge is -2.43. The number of hydrogen-bond acceptors (Lipinski definition) is 6. The highest BCUT2D eigenvalue weighted by molar-refractivity contribution is 7.89. The zero-order valence-corrected chi connectivity index (χ0v) is 25.7. The van der Waals surface area contributed by atoms with Crippen molar-refractivity contribution in [3.8, 4) is 0 Å². The quantitative estimate of drug-likeness (QED) is 0.215. The molecule has 1 aliphatic heterocycles. The van der Waals surface area contributed by atoms with Gasteiger partial charge in [0.1, 0.15) is 0 Å². The van der Waals surface area contributed by atoms with Gasteiger partial charge in [-0.1, -0.05) is 104 Å². The van der Waals surface area contributed by atoms with Crippen LogP contribution < -0.4 is 4.72 Å². The number of ether oxygens (including phenoxy) is 2. The summed E-state index contributed by atoms with van der Waals surface area (Å²) in [6.07, 6.45) is -0.928. The van der Waals surface area contributed by atoms with Crippen molar-refractivity contribution in [1.29, 1.82) is 0 Å². The fourth-order valence-corrected chi connectivity index (χ4v) is 6.45. The molecule has 1 heterocycles. The van der Waals surface area contributed by atoms with Gasteiger partial charge in [-0.2, -0.15) is 0 Å². The number of hydrogen-bond donors (Lipinski definition) is 2. The summed E-state index contributed by atoms with van der Waals surface area (Å²) < 4.78 is 41.2. The number of aliphatic hydroxyl groups is 1. The van der Waals surface area contributed by atoms with Crippen LogP contribution in [0.2, 0.25) is 0 Å². The number of benzene rings is 4. The zero-order chi connectivity index (χ0) is 30.4. The Bertz CT molecular complexity index is 1550. The predicted molar refractivity (Wildman–Crippen MR) is 167 cm³/mol. The molecule has 0 radical (unpaired) electrons. The molecular weight excluding hydrogens is 560 g/mol. The van der Waals surface area contributed by atoms with Gasteiger partial charge >= 0.3 is 0 Å². The Balaban J connectivity index is 1.33. The topological polar surface area (TPSA) is 88.1 Å². The minimum absolute atomic E-state index is 0.00819. The second kappa shape index (κ2) is 13.9. The number of nitrogens with zero attached hydrogens (tertiary/aromatic N) is 1. The molecule has 0 spiro atoms. The molecule has 4 aromatic carbocycles. The fourth-order valence-electron chi connectivity index (χ4n) is 5.41. The molecule has 1 saturated heterocycles. The van der Waals surface area contributed by atoms with E-state index in [2.05, 4.69) is 54.8 Å². The molecule has 5 atom stereocenters. The van der Waals surface area contributed by atoms with Crippen LogP contribution in [-0.4, -0.2) is 38.1 Å². The lowest BCUT2D eigenvalue weighted by Crippen LogP contribution is -2.44. The van der Waals surface area contributed by atoms with Gasteiger partial charge in [0.05, 0.1) is 23.7 Å². The van der Waals surface area contributed by atoms with Gasteiger partial charge in [-0.15, -0.1) is 0 Å². The van der Waals surface area contributed by atoms with E-state index in [0.717, 1.165) is 22.3 Å². The molecule has 1 aliphatic rings. The molecule has 4 aromatic rings. The van der Waals surface area contributed by atoms with Gasteiger partial charge in [0.15, 0.2) is 6.29 Å². The fraction of sp³-hybridized carbons (Fsp3) is 0.314. The minimum atomic E-state index is -3.60. The van der Waals surface area contributed by atoms with Crippen molar-refractivity contribution in [2.45, 2.75) is 56.4 Å². The van der Waals surface area contributed by atoms with Gasteiger partial charge in [0.25, 0.3) is 0 Å². The lowest BCUT2D eigenvalue weighted by molar-refractivity contribution is -0.276. The number of aliphatic hydroxyl groups excluding tert-OH is 1. The first-order valence-electron chi connectivity index (χ1n) is 14.6. The van der Waals surface area contributed by atoms with E-state index < -0.39 is 16.3 Å².